The summed E-state index contributed by atoms with van der Waals surface area (Å²) in [7, 11) is 0. The highest BCUT2D eigenvalue weighted by atomic mass is 79.9. The lowest BCUT2D eigenvalue weighted by Gasteiger charge is -2.23. The summed E-state index contributed by atoms with van der Waals surface area (Å²) >= 11 is 3.50. The molecule has 1 aromatic rings. The molecule has 1 rings (SSSR count). The number of aromatic nitrogens is 1. The summed E-state index contributed by atoms with van der Waals surface area (Å²) in [4.78, 5) is 6.72. The van der Waals surface area contributed by atoms with Crippen molar-refractivity contribution in [1.82, 2.24) is 10.3 Å². The molecule has 0 bridgehead atoms. The fourth-order valence-electron chi connectivity index (χ4n) is 2.02. The number of pyridine rings is 1. The van der Waals surface area contributed by atoms with Gasteiger partial charge in [-0.25, -0.2) is 4.98 Å². The first-order valence-corrected chi connectivity index (χ1v) is 7.91. The number of nitrogens with one attached hydrogen (secondary N) is 1. The zero-order chi connectivity index (χ0) is 15.0. The second kappa shape index (κ2) is 8.99. The Balaban J connectivity index is 2.90. The van der Waals surface area contributed by atoms with E-state index in [9.17, 15) is 0 Å². The molecule has 0 saturated carbocycles. The van der Waals surface area contributed by atoms with Crippen LogP contribution in [-0.2, 0) is 6.54 Å². The molecular formula is C16H24BrN3. The van der Waals surface area contributed by atoms with Gasteiger partial charge in [0, 0.05) is 29.3 Å². The molecule has 20 heavy (non-hydrogen) atoms. The molecule has 0 saturated heterocycles. The molecule has 0 aliphatic carbocycles. The maximum absolute atomic E-state index is 5.47. The number of terminal acetylenes is 1. The molecule has 0 aliphatic heterocycles. The van der Waals surface area contributed by atoms with E-state index in [1.807, 2.05) is 6.20 Å². The van der Waals surface area contributed by atoms with Crippen LogP contribution in [0.15, 0.2) is 16.7 Å². The van der Waals surface area contributed by atoms with E-state index in [2.05, 4.69) is 63.9 Å². The fourth-order valence-corrected chi connectivity index (χ4v) is 2.40. The minimum atomic E-state index is 0.597. The fraction of sp³-hybridized carbons (Fsp3) is 0.562. The van der Waals surface area contributed by atoms with Gasteiger partial charge in [0.2, 0.25) is 0 Å². The molecule has 0 spiro atoms. The number of rotatable bonds is 8. The molecule has 0 atom stereocenters. The molecule has 4 heteroatoms. The third-order valence-corrected chi connectivity index (χ3v) is 3.29. The topological polar surface area (TPSA) is 28.2 Å². The van der Waals surface area contributed by atoms with Crippen molar-refractivity contribution in [2.75, 3.05) is 24.5 Å². The second-order valence-corrected chi connectivity index (χ2v) is 6.20. The van der Waals surface area contributed by atoms with Crippen molar-refractivity contribution in [2.24, 2.45) is 5.92 Å². The monoisotopic (exact) mass is 337 g/mol. The first-order valence-electron chi connectivity index (χ1n) is 7.12. The molecule has 0 fully saturated rings. The highest BCUT2D eigenvalue weighted by molar-refractivity contribution is 9.10. The van der Waals surface area contributed by atoms with Crippen molar-refractivity contribution in [2.45, 2.75) is 33.7 Å². The van der Waals surface area contributed by atoms with E-state index in [0.29, 0.717) is 12.5 Å². The summed E-state index contributed by atoms with van der Waals surface area (Å²) in [5.74, 6) is 4.35. The van der Waals surface area contributed by atoms with Crippen molar-refractivity contribution in [3.8, 4) is 12.3 Å². The van der Waals surface area contributed by atoms with E-state index >= 15 is 0 Å². The van der Waals surface area contributed by atoms with Crippen LogP contribution >= 0.6 is 15.9 Å². The number of hydrogen-bond acceptors (Lipinski definition) is 3. The van der Waals surface area contributed by atoms with Crippen LogP contribution < -0.4 is 10.2 Å². The van der Waals surface area contributed by atoms with Crippen molar-refractivity contribution in [3.05, 3.63) is 22.3 Å². The predicted molar refractivity (Wildman–Crippen MR) is 89.8 cm³/mol. The van der Waals surface area contributed by atoms with Gasteiger partial charge in [-0.2, -0.15) is 0 Å². The summed E-state index contributed by atoms with van der Waals surface area (Å²) in [6, 6.07) is 2.12. The Kier molecular flexibility index (Phi) is 7.64. The van der Waals surface area contributed by atoms with Gasteiger partial charge in [-0.3, -0.25) is 0 Å². The maximum Gasteiger partial charge on any atom is 0.133 e. The first-order chi connectivity index (χ1) is 9.58. The van der Waals surface area contributed by atoms with Gasteiger partial charge < -0.3 is 10.2 Å². The molecule has 0 amide bonds. The van der Waals surface area contributed by atoms with Gasteiger partial charge in [0.1, 0.15) is 5.82 Å². The van der Waals surface area contributed by atoms with Crippen molar-refractivity contribution >= 4 is 21.7 Å². The normalized spacial score (nSPS) is 10.6. The maximum atomic E-state index is 5.47. The smallest absolute Gasteiger partial charge is 0.133 e. The van der Waals surface area contributed by atoms with Gasteiger partial charge in [0.15, 0.2) is 0 Å². The van der Waals surface area contributed by atoms with E-state index in [1.54, 1.807) is 0 Å². The van der Waals surface area contributed by atoms with Crippen LogP contribution in [0.2, 0.25) is 0 Å². The van der Waals surface area contributed by atoms with E-state index in [1.165, 1.54) is 5.56 Å². The third kappa shape index (κ3) is 5.52. The first kappa shape index (κ1) is 17.0. The summed E-state index contributed by atoms with van der Waals surface area (Å²) in [5.41, 5.74) is 1.18. The Morgan fingerprint density at radius 1 is 1.50 bits per heavy atom. The Morgan fingerprint density at radius 3 is 2.85 bits per heavy atom. The van der Waals surface area contributed by atoms with Crippen LogP contribution in [0.3, 0.4) is 0 Å². The van der Waals surface area contributed by atoms with Gasteiger partial charge in [0.25, 0.3) is 0 Å². The number of halogens is 1. The minimum Gasteiger partial charge on any atom is -0.345 e. The van der Waals surface area contributed by atoms with Crippen LogP contribution in [0, 0.1) is 18.3 Å². The highest BCUT2D eigenvalue weighted by Crippen LogP contribution is 2.21. The molecule has 1 N–H and O–H groups in total. The molecular weight excluding hydrogens is 314 g/mol. The van der Waals surface area contributed by atoms with Gasteiger partial charge in [0.05, 0.1) is 6.54 Å². The number of hydrogen-bond donors (Lipinski definition) is 1. The van der Waals surface area contributed by atoms with E-state index in [0.717, 1.165) is 36.3 Å². The van der Waals surface area contributed by atoms with E-state index < -0.39 is 0 Å². The summed E-state index contributed by atoms with van der Waals surface area (Å²) in [6.45, 7) is 9.89. The zero-order valence-corrected chi connectivity index (χ0v) is 14.2. The molecule has 1 heterocycles. The van der Waals surface area contributed by atoms with Gasteiger partial charge in [-0.1, -0.05) is 26.7 Å². The molecule has 110 valence electrons. The lowest BCUT2D eigenvalue weighted by atomic mass is 10.2. The van der Waals surface area contributed by atoms with Crippen LogP contribution in [0.4, 0.5) is 5.82 Å². The standard InChI is InChI=1S/C16H24BrN3/c1-5-7-20(8-6-2)16-14(9-15(17)12-19-16)11-18-10-13(3)4/h1,9,12-13,18H,6-8,10-11H2,2-4H3. The van der Waals surface area contributed by atoms with Crippen molar-refractivity contribution in [3.63, 3.8) is 0 Å². The van der Waals surface area contributed by atoms with Crippen LogP contribution in [0.5, 0.6) is 0 Å². The SMILES string of the molecule is C#CCN(CCC)c1ncc(Br)cc1CNCC(C)C. The largest absolute Gasteiger partial charge is 0.345 e. The minimum absolute atomic E-state index is 0.597. The quantitative estimate of drug-likeness (QED) is 0.736. The van der Waals surface area contributed by atoms with Crippen molar-refractivity contribution in [1.29, 1.82) is 0 Å². The highest BCUT2D eigenvalue weighted by Gasteiger charge is 2.12. The second-order valence-electron chi connectivity index (χ2n) is 5.29. The molecule has 0 aromatic carbocycles. The average Bonchev–Trinajstić information content (AvgIpc) is 2.38. The van der Waals surface area contributed by atoms with Crippen molar-refractivity contribution < 1.29 is 0 Å². The van der Waals surface area contributed by atoms with Gasteiger partial charge >= 0.3 is 0 Å². The summed E-state index contributed by atoms with van der Waals surface area (Å²) in [6.07, 6.45) is 8.36. The molecule has 0 unspecified atom stereocenters. The Hall–Kier alpha value is -1.05. The predicted octanol–water partition coefficient (Wildman–Crippen LogP) is 3.44. The molecule has 1 aromatic heterocycles. The molecule has 3 nitrogen and oxygen atoms in total. The lowest BCUT2D eigenvalue weighted by molar-refractivity contribution is 0.551. The van der Waals surface area contributed by atoms with Crippen LogP contribution in [0.25, 0.3) is 0 Å². The Bertz CT molecular complexity index is 452. The molecule has 0 radical (unpaired) electrons. The number of anilines is 1. The van der Waals surface area contributed by atoms with Crippen LogP contribution in [0.1, 0.15) is 32.8 Å². The summed E-state index contributed by atoms with van der Waals surface area (Å²) < 4.78 is 1.000. The Labute approximate surface area is 131 Å². The number of nitrogens with zero attached hydrogens (tertiary/aromatic N) is 2. The lowest BCUT2D eigenvalue weighted by Crippen LogP contribution is -2.28. The van der Waals surface area contributed by atoms with Gasteiger partial charge in [-0.15, -0.1) is 6.42 Å². The molecule has 0 aliphatic rings. The Morgan fingerprint density at radius 2 is 2.25 bits per heavy atom. The van der Waals surface area contributed by atoms with Crippen LogP contribution in [-0.4, -0.2) is 24.6 Å². The van der Waals surface area contributed by atoms with E-state index in [4.69, 9.17) is 6.42 Å². The summed E-state index contributed by atoms with van der Waals surface area (Å²) in [5, 5.41) is 3.47. The van der Waals surface area contributed by atoms with Gasteiger partial charge in [-0.05, 0) is 40.9 Å². The zero-order valence-electron chi connectivity index (χ0n) is 12.6. The third-order valence-electron chi connectivity index (χ3n) is 2.85. The van der Waals surface area contributed by atoms with E-state index in [-0.39, 0.29) is 0 Å². The average molecular weight is 338 g/mol.